The Morgan fingerprint density at radius 2 is 2.25 bits per heavy atom. The number of rotatable bonds is 4. The topological polar surface area (TPSA) is 52.4 Å². The molecule has 0 heterocycles. The first-order valence-electron chi connectivity index (χ1n) is 4.20. The highest BCUT2D eigenvalue weighted by Gasteiger charge is 2.16. The van der Waals surface area contributed by atoms with Crippen LogP contribution < -0.4 is 4.74 Å². The summed E-state index contributed by atoms with van der Waals surface area (Å²) in [6.07, 6.45) is 2.38. The van der Waals surface area contributed by atoms with Gasteiger partial charge in [-0.15, -0.1) is 6.42 Å². The van der Waals surface area contributed by atoms with Crippen LogP contribution in [0.5, 0.6) is 5.75 Å². The quantitative estimate of drug-likeness (QED) is 0.450. The number of halogens is 2. The van der Waals surface area contributed by atoms with Crippen molar-refractivity contribution in [2.24, 2.45) is 0 Å². The van der Waals surface area contributed by atoms with Crippen molar-refractivity contribution in [3.8, 4) is 18.1 Å². The Morgan fingerprint density at radius 3 is 2.75 bits per heavy atom. The van der Waals surface area contributed by atoms with Crippen LogP contribution in [0.2, 0.25) is 0 Å². The van der Waals surface area contributed by atoms with Gasteiger partial charge < -0.3 is 4.74 Å². The minimum atomic E-state index is -2.70. The van der Waals surface area contributed by atoms with Crippen molar-refractivity contribution in [2.75, 3.05) is 6.61 Å². The van der Waals surface area contributed by atoms with E-state index in [1.165, 1.54) is 12.1 Å². The standard InChI is InChI=1S/C10H7F2NO3/c1-2-7-3-4-8(13(14)15)9(5-7)16-6-10(11)12/h1,3-5,10H,6H2. The summed E-state index contributed by atoms with van der Waals surface area (Å²) in [5, 5.41) is 10.6. The smallest absolute Gasteiger partial charge is 0.311 e. The van der Waals surface area contributed by atoms with Gasteiger partial charge in [-0.3, -0.25) is 10.1 Å². The molecule has 1 rings (SSSR count). The molecule has 0 aliphatic carbocycles. The van der Waals surface area contributed by atoms with E-state index in [4.69, 9.17) is 6.42 Å². The predicted molar refractivity (Wildman–Crippen MR) is 52.5 cm³/mol. The van der Waals surface area contributed by atoms with Crippen LogP contribution >= 0.6 is 0 Å². The van der Waals surface area contributed by atoms with Crippen molar-refractivity contribution in [3.05, 3.63) is 33.9 Å². The van der Waals surface area contributed by atoms with Crippen LogP contribution in [-0.2, 0) is 0 Å². The summed E-state index contributed by atoms with van der Waals surface area (Å²) in [6.45, 7) is -0.908. The normalized spacial score (nSPS) is 9.88. The minimum absolute atomic E-state index is 0.249. The first-order valence-corrected chi connectivity index (χ1v) is 4.20. The van der Waals surface area contributed by atoms with Crippen LogP contribution in [0.4, 0.5) is 14.5 Å². The molecule has 0 fully saturated rings. The highest BCUT2D eigenvalue weighted by Crippen LogP contribution is 2.27. The van der Waals surface area contributed by atoms with Crippen LogP contribution in [-0.4, -0.2) is 18.0 Å². The monoisotopic (exact) mass is 227 g/mol. The molecular formula is C10H7F2NO3. The van der Waals surface area contributed by atoms with Crippen molar-refractivity contribution in [1.82, 2.24) is 0 Å². The fraction of sp³-hybridized carbons (Fsp3) is 0.200. The maximum absolute atomic E-state index is 11.9. The Labute approximate surface area is 90.0 Å². The number of nitro benzene ring substituents is 1. The van der Waals surface area contributed by atoms with Gasteiger partial charge in [0.15, 0.2) is 5.75 Å². The molecule has 0 aromatic heterocycles. The Kier molecular flexibility index (Phi) is 3.78. The summed E-state index contributed by atoms with van der Waals surface area (Å²) < 4.78 is 28.4. The van der Waals surface area contributed by atoms with Crippen molar-refractivity contribution < 1.29 is 18.4 Å². The second-order valence-corrected chi connectivity index (χ2v) is 2.79. The van der Waals surface area contributed by atoms with E-state index in [1.54, 1.807) is 0 Å². The largest absolute Gasteiger partial charge is 0.481 e. The van der Waals surface area contributed by atoms with Gasteiger partial charge in [-0.1, -0.05) is 5.92 Å². The third-order valence-electron chi connectivity index (χ3n) is 1.69. The lowest BCUT2D eigenvalue weighted by Crippen LogP contribution is -2.08. The SMILES string of the molecule is C#Cc1ccc([N+](=O)[O-])c(OCC(F)F)c1. The summed E-state index contributed by atoms with van der Waals surface area (Å²) in [5.41, 5.74) is -0.0606. The molecule has 4 nitrogen and oxygen atoms in total. The molecule has 0 saturated carbocycles. The summed E-state index contributed by atoms with van der Waals surface area (Å²) in [4.78, 5) is 9.83. The zero-order valence-electron chi connectivity index (χ0n) is 8.02. The van der Waals surface area contributed by atoms with E-state index >= 15 is 0 Å². The second kappa shape index (κ2) is 5.07. The van der Waals surface area contributed by atoms with Gasteiger partial charge in [0.05, 0.1) is 4.92 Å². The molecule has 0 atom stereocenters. The zero-order chi connectivity index (χ0) is 12.1. The minimum Gasteiger partial charge on any atom is -0.481 e. The van der Waals surface area contributed by atoms with E-state index in [-0.39, 0.29) is 11.4 Å². The maximum atomic E-state index is 11.9. The number of terminal acetylenes is 1. The molecule has 0 aliphatic heterocycles. The highest BCUT2D eigenvalue weighted by atomic mass is 19.3. The summed E-state index contributed by atoms with van der Waals surface area (Å²) in [5.74, 6) is 1.98. The molecular weight excluding hydrogens is 220 g/mol. The van der Waals surface area contributed by atoms with Crippen molar-refractivity contribution >= 4 is 5.69 Å². The molecule has 0 spiro atoms. The average Bonchev–Trinajstić information content (AvgIpc) is 2.25. The molecule has 6 heteroatoms. The molecule has 1 aromatic carbocycles. The number of benzene rings is 1. The van der Waals surface area contributed by atoms with Crippen LogP contribution in [0.25, 0.3) is 0 Å². The third kappa shape index (κ3) is 2.92. The van der Waals surface area contributed by atoms with Crippen LogP contribution in [0, 0.1) is 22.5 Å². The Balaban J connectivity index is 3.02. The van der Waals surface area contributed by atoms with E-state index in [9.17, 15) is 18.9 Å². The molecule has 0 unspecified atom stereocenters. The van der Waals surface area contributed by atoms with Crippen LogP contribution in [0.1, 0.15) is 5.56 Å². The molecule has 0 radical (unpaired) electrons. The lowest BCUT2D eigenvalue weighted by atomic mass is 10.2. The first-order chi connectivity index (χ1) is 7.54. The highest BCUT2D eigenvalue weighted by molar-refractivity contribution is 5.52. The van der Waals surface area contributed by atoms with Gasteiger partial charge in [-0.25, -0.2) is 8.78 Å². The predicted octanol–water partition coefficient (Wildman–Crippen LogP) is 2.22. The fourth-order valence-electron chi connectivity index (χ4n) is 1.02. The summed E-state index contributed by atoms with van der Waals surface area (Å²) in [7, 11) is 0. The van der Waals surface area contributed by atoms with E-state index in [2.05, 4.69) is 10.7 Å². The molecule has 1 aromatic rings. The van der Waals surface area contributed by atoms with E-state index in [0.717, 1.165) is 6.07 Å². The lowest BCUT2D eigenvalue weighted by molar-refractivity contribution is -0.385. The van der Waals surface area contributed by atoms with E-state index in [0.29, 0.717) is 5.56 Å². The van der Waals surface area contributed by atoms with Crippen molar-refractivity contribution in [2.45, 2.75) is 6.43 Å². The molecule has 16 heavy (non-hydrogen) atoms. The zero-order valence-corrected chi connectivity index (χ0v) is 8.02. The van der Waals surface area contributed by atoms with Crippen LogP contribution in [0.15, 0.2) is 18.2 Å². The summed E-state index contributed by atoms with van der Waals surface area (Å²) >= 11 is 0. The van der Waals surface area contributed by atoms with E-state index < -0.39 is 18.0 Å². The number of nitrogens with zero attached hydrogens (tertiary/aromatic N) is 1. The number of nitro groups is 1. The molecule has 0 N–H and O–H groups in total. The van der Waals surface area contributed by atoms with Crippen molar-refractivity contribution in [3.63, 3.8) is 0 Å². The molecule has 0 saturated heterocycles. The van der Waals surface area contributed by atoms with Gasteiger partial charge in [-0.05, 0) is 6.07 Å². The van der Waals surface area contributed by atoms with Crippen molar-refractivity contribution in [1.29, 1.82) is 0 Å². The third-order valence-corrected chi connectivity index (χ3v) is 1.69. The molecule has 84 valence electrons. The van der Waals surface area contributed by atoms with E-state index in [1.807, 2.05) is 0 Å². The second-order valence-electron chi connectivity index (χ2n) is 2.79. The molecule has 0 amide bonds. The van der Waals surface area contributed by atoms with Gasteiger partial charge in [0, 0.05) is 17.7 Å². The fourth-order valence-corrected chi connectivity index (χ4v) is 1.02. The van der Waals surface area contributed by atoms with Gasteiger partial charge in [0.25, 0.3) is 6.43 Å². The number of ether oxygens (including phenoxy) is 1. The number of alkyl halides is 2. The van der Waals surface area contributed by atoms with Gasteiger partial charge >= 0.3 is 5.69 Å². The lowest BCUT2D eigenvalue weighted by Gasteiger charge is -2.06. The first kappa shape index (κ1) is 11.9. The average molecular weight is 227 g/mol. The van der Waals surface area contributed by atoms with Crippen LogP contribution in [0.3, 0.4) is 0 Å². The Morgan fingerprint density at radius 1 is 1.56 bits per heavy atom. The summed E-state index contributed by atoms with van der Waals surface area (Å²) in [6, 6.07) is 3.64. The number of hydrogen-bond acceptors (Lipinski definition) is 3. The Hall–Kier alpha value is -2.16. The maximum Gasteiger partial charge on any atom is 0.311 e. The van der Waals surface area contributed by atoms with Gasteiger partial charge in [0.1, 0.15) is 6.61 Å². The molecule has 0 aliphatic rings. The van der Waals surface area contributed by atoms with Gasteiger partial charge in [0.2, 0.25) is 0 Å². The number of hydrogen-bond donors (Lipinski definition) is 0. The molecule has 0 bridgehead atoms. The van der Waals surface area contributed by atoms with Gasteiger partial charge in [-0.2, -0.15) is 0 Å². The Bertz CT molecular complexity index is 440.